The molecule has 0 aromatic heterocycles. The van der Waals surface area contributed by atoms with Crippen LogP contribution in [0.25, 0.3) is 0 Å². The summed E-state index contributed by atoms with van der Waals surface area (Å²) < 4.78 is 31.5. The Balaban J connectivity index is 1.87. The van der Waals surface area contributed by atoms with Crippen LogP contribution in [0.3, 0.4) is 0 Å². The highest BCUT2D eigenvalue weighted by Crippen LogP contribution is 2.38. The fraction of sp³-hybridized carbons (Fsp3) is 0.600. The maximum absolute atomic E-state index is 14.3. The van der Waals surface area contributed by atoms with Crippen LogP contribution in [0, 0.1) is 11.7 Å². The maximum Gasteiger partial charge on any atom is 0.347 e. The van der Waals surface area contributed by atoms with Gasteiger partial charge in [0.2, 0.25) is 0 Å². The molecule has 154 valence electrons. The Labute approximate surface area is 172 Å². The molecule has 0 bridgehead atoms. The highest BCUT2D eigenvalue weighted by Gasteiger charge is 2.40. The van der Waals surface area contributed by atoms with Gasteiger partial charge in [0.1, 0.15) is 30.0 Å². The number of hydrogen-bond acceptors (Lipinski definition) is 6. The van der Waals surface area contributed by atoms with Crippen molar-refractivity contribution in [2.45, 2.75) is 51.7 Å². The van der Waals surface area contributed by atoms with E-state index in [9.17, 15) is 9.18 Å². The predicted octanol–water partition coefficient (Wildman–Crippen LogP) is 4.23. The molecule has 2 atom stereocenters. The minimum atomic E-state index is -0.762. The molecule has 1 saturated carbocycles. The van der Waals surface area contributed by atoms with E-state index in [1.807, 2.05) is 0 Å². The van der Waals surface area contributed by atoms with Crippen LogP contribution in [0.4, 0.5) is 4.39 Å². The second kappa shape index (κ2) is 9.69. The van der Waals surface area contributed by atoms with Crippen molar-refractivity contribution in [3.8, 4) is 5.75 Å². The summed E-state index contributed by atoms with van der Waals surface area (Å²) >= 11 is 3.21. The van der Waals surface area contributed by atoms with Crippen molar-refractivity contribution in [2.24, 2.45) is 11.1 Å². The molecule has 3 rings (SSSR count). The SMILES string of the molecule is CCCCOC1CON=C1c1cc(Br)c(F)cc1O[C@H](C(=O)OCC)C1CC1. The summed E-state index contributed by atoms with van der Waals surface area (Å²) in [6.07, 6.45) is 2.57. The molecular formula is C20H25BrFNO5. The molecule has 0 saturated heterocycles. The number of rotatable bonds is 10. The van der Waals surface area contributed by atoms with Crippen LogP contribution >= 0.6 is 15.9 Å². The third-order valence-electron chi connectivity index (χ3n) is 4.63. The van der Waals surface area contributed by atoms with Gasteiger partial charge in [0.15, 0.2) is 6.10 Å². The van der Waals surface area contributed by atoms with Crippen LogP contribution in [0.1, 0.15) is 45.1 Å². The Bertz CT molecular complexity index is 738. The molecule has 0 radical (unpaired) electrons. The number of carbonyl (C=O) groups is 1. The predicted molar refractivity (Wildman–Crippen MR) is 105 cm³/mol. The zero-order valence-corrected chi connectivity index (χ0v) is 17.7. The van der Waals surface area contributed by atoms with E-state index in [4.69, 9.17) is 19.0 Å². The summed E-state index contributed by atoms with van der Waals surface area (Å²) in [7, 11) is 0. The summed E-state index contributed by atoms with van der Waals surface area (Å²) in [5.74, 6) is -0.601. The zero-order valence-electron chi connectivity index (χ0n) is 16.1. The molecule has 2 aliphatic rings. The lowest BCUT2D eigenvalue weighted by Gasteiger charge is -2.21. The summed E-state index contributed by atoms with van der Waals surface area (Å²) in [5.41, 5.74) is 1.08. The molecule has 1 aliphatic carbocycles. The molecule has 1 unspecified atom stereocenters. The monoisotopic (exact) mass is 457 g/mol. The first-order chi connectivity index (χ1) is 13.5. The number of halogens is 2. The van der Waals surface area contributed by atoms with Crippen molar-refractivity contribution in [2.75, 3.05) is 19.8 Å². The van der Waals surface area contributed by atoms with E-state index in [1.165, 1.54) is 6.07 Å². The Morgan fingerprint density at radius 1 is 1.39 bits per heavy atom. The van der Waals surface area contributed by atoms with E-state index in [0.717, 1.165) is 25.7 Å². The van der Waals surface area contributed by atoms with Crippen molar-refractivity contribution >= 4 is 27.6 Å². The highest BCUT2D eigenvalue weighted by atomic mass is 79.9. The van der Waals surface area contributed by atoms with Crippen LogP contribution in [0.15, 0.2) is 21.8 Å². The molecule has 6 nitrogen and oxygen atoms in total. The Kier molecular flexibility index (Phi) is 7.29. The van der Waals surface area contributed by atoms with Gasteiger partial charge in [0.25, 0.3) is 0 Å². The molecule has 0 N–H and O–H groups in total. The van der Waals surface area contributed by atoms with Gasteiger partial charge in [0, 0.05) is 24.2 Å². The van der Waals surface area contributed by atoms with Gasteiger partial charge in [-0.1, -0.05) is 18.5 Å². The molecule has 28 heavy (non-hydrogen) atoms. The third kappa shape index (κ3) is 5.03. The molecule has 0 amide bonds. The number of nitrogens with zero attached hydrogens (tertiary/aromatic N) is 1. The minimum Gasteiger partial charge on any atom is -0.478 e. The van der Waals surface area contributed by atoms with Crippen LogP contribution in [-0.4, -0.2) is 43.7 Å². The number of oxime groups is 1. The Morgan fingerprint density at radius 3 is 2.86 bits per heavy atom. The molecule has 8 heteroatoms. The highest BCUT2D eigenvalue weighted by molar-refractivity contribution is 9.10. The van der Waals surface area contributed by atoms with Crippen molar-refractivity contribution in [3.05, 3.63) is 28.0 Å². The second-order valence-electron chi connectivity index (χ2n) is 6.88. The van der Waals surface area contributed by atoms with E-state index < -0.39 is 17.9 Å². The van der Waals surface area contributed by atoms with Crippen molar-refractivity contribution in [1.29, 1.82) is 0 Å². The van der Waals surface area contributed by atoms with Crippen LogP contribution < -0.4 is 4.74 Å². The largest absolute Gasteiger partial charge is 0.478 e. The fourth-order valence-corrected chi connectivity index (χ4v) is 3.30. The lowest BCUT2D eigenvalue weighted by Crippen LogP contribution is -2.33. The first-order valence-electron chi connectivity index (χ1n) is 9.69. The van der Waals surface area contributed by atoms with E-state index >= 15 is 0 Å². The number of unbranched alkanes of at least 4 members (excludes halogenated alkanes) is 1. The van der Waals surface area contributed by atoms with Crippen LogP contribution in [-0.2, 0) is 19.1 Å². The Hall–Kier alpha value is -1.67. The molecule has 1 aromatic carbocycles. The van der Waals surface area contributed by atoms with Gasteiger partial charge in [0.05, 0.1) is 11.1 Å². The Morgan fingerprint density at radius 2 is 2.18 bits per heavy atom. The number of ether oxygens (including phenoxy) is 3. The van der Waals surface area contributed by atoms with Crippen molar-refractivity contribution < 1.29 is 28.2 Å². The first-order valence-corrected chi connectivity index (χ1v) is 10.5. The molecule has 1 heterocycles. The van der Waals surface area contributed by atoms with E-state index in [1.54, 1.807) is 13.0 Å². The zero-order chi connectivity index (χ0) is 20.1. The van der Waals surface area contributed by atoms with E-state index in [2.05, 4.69) is 28.0 Å². The van der Waals surface area contributed by atoms with Gasteiger partial charge >= 0.3 is 5.97 Å². The summed E-state index contributed by atoms with van der Waals surface area (Å²) in [5, 5.41) is 4.10. The molecule has 0 spiro atoms. The van der Waals surface area contributed by atoms with Gasteiger partial charge < -0.3 is 19.0 Å². The van der Waals surface area contributed by atoms with Gasteiger partial charge in [-0.2, -0.15) is 0 Å². The standard InChI is InChI=1S/C20H25BrFNO5/c1-3-5-8-26-17-11-27-23-18(17)13-9-14(21)15(22)10-16(13)28-19(12-6-7-12)20(24)25-4-2/h9-10,12,17,19H,3-8,11H2,1-2H3/t17?,19-/m0/s1. The van der Waals surface area contributed by atoms with Gasteiger partial charge in [-0.25, -0.2) is 9.18 Å². The lowest BCUT2D eigenvalue weighted by molar-refractivity contribution is -0.152. The average Bonchev–Trinajstić information content (AvgIpc) is 3.40. The number of hydrogen-bond donors (Lipinski definition) is 0. The molecular weight excluding hydrogens is 433 g/mol. The number of carbonyl (C=O) groups excluding carboxylic acids is 1. The topological polar surface area (TPSA) is 66.3 Å². The van der Waals surface area contributed by atoms with Crippen LogP contribution in [0.2, 0.25) is 0 Å². The van der Waals surface area contributed by atoms with Crippen molar-refractivity contribution in [1.82, 2.24) is 0 Å². The summed E-state index contributed by atoms with van der Waals surface area (Å²) in [6, 6.07) is 2.85. The average molecular weight is 458 g/mol. The van der Waals surface area contributed by atoms with E-state index in [-0.39, 0.29) is 35.5 Å². The summed E-state index contributed by atoms with van der Waals surface area (Å²) in [6.45, 7) is 4.96. The lowest BCUT2D eigenvalue weighted by atomic mass is 10.0. The van der Waals surface area contributed by atoms with E-state index in [0.29, 0.717) is 17.9 Å². The quantitative estimate of drug-likeness (QED) is 0.388. The molecule has 1 aromatic rings. The smallest absolute Gasteiger partial charge is 0.347 e. The molecule has 1 aliphatic heterocycles. The maximum atomic E-state index is 14.3. The van der Waals surface area contributed by atoms with Crippen LogP contribution in [0.5, 0.6) is 5.75 Å². The fourth-order valence-electron chi connectivity index (χ4n) is 2.96. The number of esters is 1. The number of benzene rings is 1. The normalized spacial score (nSPS) is 19.7. The van der Waals surface area contributed by atoms with Crippen molar-refractivity contribution in [3.63, 3.8) is 0 Å². The van der Waals surface area contributed by atoms with Gasteiger partial charge in [-0.3, -0.25) is 0 Å². The molecule has 1 fully saturated rings. The second-order valence-corrected chi connectivity index (χ2v) is 7.73. The first kappa shape index (κ1) is 21.0. The minimum absolute atomic E-state index is 0.0805. The summed E-state index contributed by atoms with van der Waals surface area (Å²) in [4.78, 5) is 17.6. The van der Waals surface area contributed by atoms with Gasteiger partial charge in [-0.05, 0) is 48.2 Å². The third-order valence-corrected chi connectivity index (χ3v) is 5.24. The van der Waals surface area contributed by atoms with Gasteiger partial charge in [-0.15, -0.1) is 0 Å².